The molecule has 0 N–H and O–H groups in total. The molecule has 0 fully saturated rings. The zero-order valence-corrected chi connectivity index (χ0v) is 17.8. The average molecular weight is 496 g/mol. The summed E-state index contributed by atoms with van der Waals surface area (Å²) < 4.78 is 149. The van der Waals surface area contributed by atoms with Crippen LogP contribution in [-0.2, 0) is 9.53 Å². The van der Waals surface area contributed by atoms with Crippen LogP contribution in [0.4, 0.5) is 48.3 Å². The number of esters is 1. The van der Waals surface area contributed by atoms with Crippen LogP contribution in [0.5, 0.6) is 0 Å². The quantitative estimate of drug-likeness (QED) is 0.139. The van der Waals surface area contributed by atoms with Gasteiger partial charge < -0.3 is 4.74 Å². The largest absolute Gasteiger partial charge is 0.465 e. The van der Waals surface area contributed by atoms with Crippen LogP contribution in [0.25, 0.3) is 0 Å². The van der Waals surface area contributed by atoms with Gasteiger partial charge in [-0.15, -0.1) is 0 Å². The van der Waals surface area contributed by atoms with Crippen LogP contribution in [0.3, 0.4) is 0 Å². The first kappa shape index (κ1) is 30.7. The van der Waals surface area contributed by atoms with Gasteiger partial charge in [0, 0.05) is 6.42 Å². The van der Waals surface area contributed by atoms with Crippen molar-refractivity contribution in [3.63, 3.8) is 0 Å². The molecule has 0 aliphatic carbocycles. The molecule has 32 heavy (non-hydrogen) atoms. The second kappa shape index (κ2) is 10.8. The molecule has 0 aliphatic heterocycles. The third-order valence-electron chi connectivity index (χ3n) is 4.62. The lowest BCUT2D eigenvalue weighted by Gasteiger charge is -2.29. The Bertz CT molecular complexity index is 599. The Morgan fingerprint density at radius 2 is 1.06 bits per heavy atom. The predicted octanol–water partition coefficient (Wildman–Crippen LogP) is 7.80. The SMILES string of the molecule is CCC(C)(C)C(=O)OCCCCC(F)(F)CC(F)(F)CC(F)(F)CC(F)(F)CC(F)(F)F. The number of hydrogen-bond donors (Lipinski definition) is 0. The van der Waals surface area contributed by atoms with Crippen molar-refractivity contribution in [2.75, 3.05) is 6.61 Å². The topological polar surface area (TPSA) is 26.3 Å². The van der Waals surface area contributed by atoms with Crippen LogP contribution in [0.15, 0.2) is 0 Å². The molecule has 192 valence electrons. The molecular weight excluding hydrogens is 469 g/mol. The zero-order chi connectivity index (χ0) is 25.6. The van der Waals surface area contributed by atoms with E-state index in [-0.39, 0.29) is 13.0 Å². The molecule has 0 unspecified atom stereocenters. The summed E-state index contributed by atoms with van der Waals surface area (Å²) in [5.41, 5.74) is -0.797. The Kier molecular flexibility index (Phi) is 10.3. The molecule has 0 rings (SSSR count). The molecule has 0 radical (unpaired) electrons. The number of rotatable bonds is 14. The summed E-state index contributed by atoms with van der Waals surface area (Å²) in [6, 6.07) is 0. The fourth-order valence-electron chi connectivity index (χ4n) is 2.69. The molecule has 0 bridgehead atoms. The monoisotopic (exact) mass is 496 g/mol. The van der Waals surface area contributed by atoms with Gasteiger partial charge in [0.25, 0.3) is 23.7 Å². The van der Waals surface area contributed by atoms with Gasteiger partial charge in [0.2, 0.25) is 0 Å². The molecule has 0 aromatic heterocycles. The third kappa shape index (κ3) is 13.3. The average Bonchev–Trinajstić information content (AvgIpc) is 2.47. The minimum atomic E-state index is -5.52. The second-order valence-electron chi connectivity index (χ2n) is 8.58. The van der Waals surface area contributed by atoms with Gasteiger partial charge in [-0.25, -0.2) is 35.1 Å². The van der Waals surface area contributed by atoms with E-state index in [0.717, 1.165) is 0 Å². The van der Waals surface area contributed by atoms with Crippen molar-refractivity contribution in [3.8, 4) is 0 Å². The molecule has 0 saturated heterocycles. The molecular formula is C19H27F11O2. The highest BCUT2D eigenvalue weighted by Crippen LogP contribution is 2.45. The molecule has 0 amide bonds. The summed E-state index contributed by atoms with van der Waals surface area (Å²) in [6.45, 7) is 4.66. The lowest BCUT2D eigenvalue weighted by Crippen LogP contribution is -2.39. The van der Waals surface area contributed by atoms with Gasteiger partial charge in [0.1, 0.15) is 6.42 Å². The van der Waals surface area contributed by atoms with Gasteiger partial charge >= 0.3 is 12.1 Å². The number of carbonyl (C=O) groups is 1. The predicted molar refractivity (Wildman–Crippen MR) is 93.2 cm³/mol. The Morgan fingerprint density at radius 3 is 1.47 bits per heavy atom. The number of unbranched alkanes of at least 4 members (excludes halogenated alkanes) is 1. The Hall–Kier alpha value is -1.30. The van der Waals surface area contributed by atoms with Gasteiger partial charge in [0.05, 0.1) is 31.3 Å². The second-order valence-corrected chi connectivity index (χ2v) is 8.58. The summed E-state index contributed by atoms with van der Waals surface area (Å²) in [5, 5.41) is 0. The maximum absolute atomic E-state index is 13.8. The van der Waals surface area contributed by atoms with Crippen molar-refractivity contribution in [2.45, 2.75) is 102 Å². The normalized spacial score (nSPS) is 14.6. The van der Waals surface area contributed by atoms with E-state index in [2.05, 4.69) is 0 Å². The summed E-state index contributed by atoms with van der Waals surface area (Å²) >= 11 is 0. The highest BCUT2D eigenvalue weighted by molar-refractivity contribution is 5.75. The Balaban J connectivity index is 4.68. The van der Waals surface area contributed by atoms with E-state index in [0.29, 0.717) is 6.42 Å². The first-order valence-electron chi connectivity index (χ1n) is 9.77. The van der Waals surface area contributed by atoms with E-state index in [4.69, 9.17) is 4.74 Å². The van der Waals surface area contributed by atoms with Crippen molar-refractivity contribution in [2.24, 2.45) is 5.41 Å². The van der Waals surface area contributed by atoms with Gasteiger partial charge in [-0.2, -0.15) is 13.2 Å². The van der Waals surface area contributed by atoms with Gasteiger partial charge in [-0.3, -0.25) is 4.79 Å². The molecule has 0 spiro atoms. The first-order chi connectivity index (χ1) is 14.0. The minimum absolute atomic E-state index is 0.119. The number of alkyl halides is 11. The van der Waals surface area contributed by atoms with Crippen molar-refractivity contribution < 1.29 is 57.8 Å². The standard InChI is InChI=1S/C19H27F11O2/c1-4-14(2,3)13(31)32-8-6-5-7-15(20,21)9-16(22,23)10-17(24,25)11-18(26,27)12-19(28,29)30/h4-12H2,1-3H3. The van der Waals surface area contributed by atoms with E-state index in [1.54, 1.807) is 20.8 Å². The van der Waals surface area contributed by atoms with Crippen molar-refractivity contribution in [1.29, 1.82) is 0 Å². The molecule has 0 saturated carbocycles. The van der Waals surface area contributed by atoms with Gasteiger partial charge in [-0.05, 0) is 33.1 Å². The summed E-state index contributed by atoms with van der Waals surface area (Å²) in [6.07, 6.45) is -17.7. The van der Waals surface area contributed by atoms with E-state index < -0.39 is 79.8 Å². The number of carbonyl (C=O) groups excluding carboxylic acids is 1. The van der Waals surface area contributed by atoms with Crippen molar-refractivity contribution in [3.05, 3.63) is 0 Å². The fourth-order valence-corrected chi connectivity index (χ4v) is 2.69. The molecule has 13 heteroatoms. The van der Waals surface area contributed by atoms with Crippen LogP contribution in [0, 0.1) is 5.41 Å². The summed E-state index contributed by atoms with van der Waals surface area (Å²) in [4.78, 5) is 11.7. The molecule has 0 aromatic rings. The molecule has 0 aromatic carbocycles. The van der Waals surface area contributed by atoms with Gasteiger partial charge in [0.15, 0.2) is 0 Å². The zero-order valence-electron chi connectivity index (χ0n) is 17.8. The molecule has 0 atom stereocenters. The van der Waals surface area contributed by atoms with Crippen molar-refractivity contribution in [1.82, 2.24) is 0 Å². The summed E-state index contributed by atoms with van der Waals surface area (Å²) in [5.74, 6) is -19.6. The van der Waals surface area contributed by atoms with E-state index >= 15 is 0 Å². The third-order valence-corrected chi connectivity index (χ3v) is 4.62. The number of hydrogen-bond acceptors (Lipinski definition) is 2. The molecule has 2 nitrogen and oxygen atoms in total. The Morgan fingerprint density at radius 1 is 0.656 bits per heavy atom. The number of halogens is 11. The maximum Gasteiger partial charge on any atom is 0.394 e. The van der Waals surface area contributed by atoms with Crippen LogP contribution >= 0.6 is 0 Å². The molecule has 0 aliphatic rings. The van der Waals surface area contributed by atoms with Crippen LogP contribution in [-0.4, -0.2) is 42.4 Å². The lowest BCUT2D eigenvalue weighted by molar-refractivity contribution is -0.217. The number of ether oxygens (including phenoxy) is 1. The van der Waals surface area contributed by atoms with Crippen LogP contribution < -0.4 is 0 Å². The van der Waals surface area contributed by atoms with Crippen LogP contribution in [0.1, 0.15) is 72.1 Å². The Labute approximate surface area is 178 Å². The van der Waals surface area contributed by atoms with E-state index in [9.17, 15) is 53.1 Å². The lowest BCUT2D eigenvalue weighted by atomic mass is 9.91. The van der Waals surface area contributed by atoms with Crippen LogP contribution in [0.2, 0.25) is 0 Å². The highest BCUT2D eigenvalue weighted by atomic mass is 19.4. The van der Waals surface area contributed by atoms with E-state index in [1.807, 2.05) is 0 Å². The highest BCUT2D eigenvalue weighted by Gasteiger charge is 2.55. The maximum atomic E-state index is 13.8. The minimum Gasteiger partial charge on any atom is -0.465 e. The van der Waals surface area contributed by atoms with E-state index in [1.165, 1.54) is 0 Å². The van der Waals surface area contributed by atoms with Crippen molar-refractivity contribution >= 4 is 5.97 Å². The van der Waals surface area contributed by atoms with Gasteiger partial charge in [-0.1, -0.05) is 6.92 Å². The smallest absolute Gasteiger partial charge is 0.394 e. The fraction of sp³-hybridized carbons (Fsp3) is 0.947. The first-order valence-corrected chi connectivity index (χ1v) is 9.77. The molecule has 0 heterocycles. The summed E-state index contributed by atoms with van der Waals surface area (Å²) in [7, 11) is 0.